The van der Waals surface area contributed by atoms with Gasteiger partial charge < -0.3 is 4.84 Å². The van der Waals surface area contributed by atoms with Crippen molar-refractivity contribution < 1.29 is 4.84 Å². The maximum Gasteiger partial charge on any atom is 0.106 e. The van der Waals surface area contributed by atoms with Crippen LogP contribution in [-0.2, 0) is 4.84 Å². The summed E-state index contributed by atoms with van der Waals surface area (Å²) in [5.74, 6) is 0.825. The third-order valence-corrected chi connectivity index (χ3v) is 4.71. The standard InChI is InChI=1S/C11H19NO/c1-10(2)8-5-6-11(10,3)9(7-8)12-13-4/h8H,5-7H2,1-4H3/b12-9-. The third-order valence-electron chi connectivity index (χ3n) is 4.71. The van der Waals surface area contributed by atoms with Crippen LogP contribution >= 0.6 is 0 Å². The molecule has 2 heteroatoms. The van der Waals surface area contributed by atoms with Crippen LogP contribution < -0.4 is 0 Å². The summed E-state index contributed by atoms with van der Waals surface area (Å²) in [6.07, 6.45) is 3.80. The highest BCUT2D eigenvalue weighted by atomic mass is 16.6. The normalized spacial score (nSPS) is 44.3. The Morgan fingerprint density at radius 3 is 2.46 bits per heavy atom. The van der Waals surface area contributed by atoms with Crippen LogP contribution in [0.2, 0.25) is 0 Å². The van der Waals surface area contributed by atoms with E-state index in [0.717, 1.165) is 12.3 Å². The number of hydrogen-bond donors (Lipinski definition) is 0. The minimum Gasteiger partial charge on any atom is -0.399 e. The van der Waals surface area contributed by atoms with Crippen molar-refractivity contribution in [1.82, 2.24) is 0 Å². The Balaban J connectivity index is 2.38. The van der Waals surface area contributed by atoms with Crippen molar-refractivity contribution in [2.24, 2.45) is 21.9 Å². The van der Waals surface area contributed by atoms with Crippen molar-refractivity contribution in [2.45, 2.75) is 40.0 Å². The Morgan fingerprint density at radius 1 is 1.38 bits per heavy atom. The van der Waals surface area contributed by atoms with E-state index < -0.39 is 0 Å². The molecule has 13 heavy (non-hydrogen) atoms. The fourth-order valence-electron chi connectivity index (χ4n) is 3.18. The molecule has 2 nitrogen and oxygen atoms in total. The number of rotatable bonds is 1. The van der Waals surface area contributed by atoms with Gasteiger partial charge in [-0.15, -0.1) is 0 Å². The highest BCUT2D eigenvalue weighted by Crippen LogP contribution is 2.63. The molecule has 74 valence electrons. The maximum atomic E-state index is 4.92. The second-order valence-corrected chi connectivity index (χ2v) is 5.21. The Morgan fingerprint density at radius 2 is 2.08 bits per heavy atom. The molecule has 2 rings (SSSR count). The molecule has 0 spiro atoms. The Hall–Kier alpha value is -0.530. The van der Waals surface area contributed by atoms with Gasteiger partial charge in [-0.05, 0) is 30.6 Å². The van der Waals surface area contributed by atoms with E-state index in [4.69, 9.17) is 4.84 Å². The molecule has 0 amide bonds. The van der Waals surface area contributed by atoms with Crippen LogP contribution in [0.5, 0.6) is 0 Å². The molecular weight excluding hydrogens is 162 g/mol. The zero-order valence-electron chi connectivity index (χ0n) is 9.05. The van der Waals surface area contributed by atoms with Crippen LogP contribution in [-0.4, -0.2) is 12.8 Å². The van der Waals surface area contributed by atoms with Crippen molar-refractivity contribution in [3.8, 4) is 0 Å². The first kappa shape index (κ1) is 9.04. The highest BCUT2D eigenvalue weighted by Gasteiger charge is 2.60. The van der Waals surface area contributed by atoms with Crippen molar-refractivity contribution >= 4 is 5.71 Å². The van der Waals surface area contributed by atoms with Crippen molar-refractivity contribution in [2.75, 3.05) is 7.11 Å². The monoisotopic (exact) mass is 181 g/mol. The Bertz CT molecular complexity index is 257. The number of nitrogens with zero attached hydrogens (tertiary/aromatic N) is 1. The van der Waals surface area contributed by atoms with E-state index in [9.17, 15) is 0 Å². The molecule has 0 saturated heterocycles. The summed E-state index contributed by atoms with van der Waals surface area (Å²) in [6, 6.07) is 0. The lowest BCUT2D eigenvalue weighted by Crippen LogP contribution is -2.32. The summed E-state index contributed by atoms with van der Waals surface area (Å²) in [5, 5.41) is 4.19. The van der Waals surface area contributed by atoms with E-state index >= 15 is 0 Å². The van der Waals surface area contributed by atoms with Crippen LogP contribution in [0.3, 0.4) is 0 Å². The maximum absolute atomic E-state index is 4.92. The summed E-state index contributed by atoms with van der Waals surface area (Å²) in [5.41, 5.74) is 2.01. The van der Waals surface area contributed by atoms with E-state index in [1.165, 1.54) is 18.6 Å². The summed E-state index contributed by atoms with van der Waals surface area (Å²) in [4.78, 5) is 4.92. The van der Waals surface area contributed by atoms with Gasteiger partial charge in [0.1, 0.15) is 7.11 Å². The van der Waals surface area contributed by atoms with Crippen LogP contribution in [0.15, 0.2) is 5.16 Å². The molecule has 2 atom stereocenters. The Labute approximate surface area is 80.3 Å². The van der Waals surface area contributed by atoms with Crippen LogP contribution in [0.4, 0.5) is 0 Å². The topological polar surface area (TPSA) is 21.6 Å². The molecule has 0 heterocycles. The third kappa shape index (κ3) is 0.918. The SMILES string of the molecule is CO/N=C1/CC2CCC1(C)C2(C)C. The minimum absolute atomic E-state index is 0.299. The first-order valence-corrected chi connectivity index (χ1v) is 5.13. The second-order valence-electron chi connectivity index (χ2n) is 5.21. The first-order valence-electron chi connectivity index (χ1n) is 5.13. The van der Waals surface area contributed by atoms with Gasteiger partial charge in [0.15, 0.2) is 0 Å². The van der Waals surface area contributed by atoms with Crippen LogP contribution in [0, 0.1) is 16.7 Å². The zero-order chi connectivity index (χ0) is 9.69. The zero-order valence-corrected chi connectivity index (χ0v) is 9.05. The van der Waals surface area contributed by atoms with Gasteiger partial charge in [-0.25, -0.2) is 0 Å². The number of oxime groups is 1. The molecule has 0 aromatic rings. The lowest BCUT2D eigenvalue weighted by atomic mass is 9.70. The largest absolute Gasteiger partial charge is 0.399 e. The molecule has 2 fully saturated rings. The summed E-state index contributed by atoms with van der Waals surface area (Å²) < 4.78 is 0. The summed E-state index contributed by atoms with van der Waals surface area (Å²) in [7, 11) is 1.65. The van der Waals surface area contributed by atoms with Gasteiger partial charge in [0.05, 0.1) is 5.71 Å². The molecule has 2 bridgehead atoms. The fourth-order valence-corrected chi connectivity index (χ4v) is 3.18. The molecular formula is C11H19NO. The van der Waals surface area contributed by atoms with E-state index in [2.05, 4.69) is 25.9 Å². The van der Waals surface area contributed by atoms with Crippen LogP contribution in [0.25, 0.3) is 0 Å². The van der Waals surface area contributed by atoms with E-state index in [-0.39, 0.29) is 0 Å². The molecule has 2 unspecified atom stereocenters. The van der Waals surface area contributed by atoms with Gasteiger partial charge in [-0.1, -0.05) is 25.9 Å². The smallest absolute Gasteiger partial charge is 0.106 e. The second kappa shape index (κ2) is 2.49. The van der Waals surface area contributed by atoms with Crippen molar-refractivity contribution in [3.05, 3.63) is 0 Å². The molecule has 0 aromatic carbocycles. The van der Waals surface area contributed by atoms with Gasteiger partial charge in [0.25, 0.3) is 0 Å². The van der Waals surface area contributed by atoms with Gasteiger partial charge >= 0.3 is 0 Å². The molecule has 0 aromatic heterocycles. The molecule has 0 N–H and O–H groups in total. The summed E-state index contributed by atoms with van der Waals surface area (Å²) in [6.45, 7) is 7.10. The highest BCUT2D eigenvalue weighted by molar-refractivity contribution is 5.93. The minimum atomic E-state index is 0.299. The fraction of sp³-hybridized carbons (Fsp3) is 0.909. The summed E-state index contributed by atoms with van der Waals surface area (Å²) >= 11 is 0. The van der Waals surface area contributed by atoms with Gasteiger partial charge in [-0.3, -0.25) is 0 Å². The molecule has 0 radical (unpaired) electrons. The molecule has 2 aliphatic rings. The Kier molecular flexibility index (Phi) is 1.73. The predicted octanol–water partition coefficient (Wildman–Crippen LogP) is 2.84. The van der Waals surface area contributed by atoms with Crippen molar-refractivity contribution in [3.63, 3.8) is 0 Å². The lowest BCUT2D eigenvalue weighted by Gasteiger charge is -2.34. The lowest BCUT2D eigenvalue weighted by molar-refractivity contribution is 0.180. The molecule has 0 aliphatic heterocycles. The molecule has 2 aliphatic carbocycles. The van der Waals surface area contributed by atoms with Crippen LogP contribution in [0.1, 0.15) is 40.0 Å². The predicted molar refractivity (Wildman–Crippen MR) is 53.7 cm³/mol. The van der Waals surface area contributed by atoms with Crippen molar-refractivity contribution in [1.29, 1.82) is 0 Å². The van der Waals surface area contributed by atoms with E-state index in [1.807, 2.05) is 0 Å². The quantitative estimate of drug-likeness (QED) is 0.570. The molecule has 2 saturated carbocycles. The van der Waals surface area contributed by atoms with E-state index in [1.54, 1.807) is 7.11 Å². The number of fused-ring (bicyclic) bond motifs is 2. The van der Waals surface area contributed by atoms with Gasteiger partial charge in [-0.2, -0.15) is 0 Å². The van der Waals surface area contributed by atoms with Gasteiger partial charge in [0.2, 0.25) is 0 Å². The van der Waals surface area contributed by atoms with E-state index in [0.29, 0.717) is 10.8 Å². The van der Waals surface area contributed by atoms with Gasteiger partial charge in [0, 0.05) is 5.41 Å². The average Bonchev–Trinajstić information content (AvgIpc) is 2.37. The number of hydrogen-bond acceptors (Lipinski definition) is 2. The average molecular weight is 181 g/mol. The first-order chi connectivity index (χ1) is 6.02.